The molecule has 2 heterocycles. The summed E-state index contributed by atoms with van der Waals surface area (Å²) < 4.78 is 0.883. The number of anilines is 1. The van der Waals surface area contributed by atoms with Gasteiger partial charge in [0.1, 0.15) is 5.03 Å². The molecule has 1 aromatic rings. The molecule has 0 radical (unpaired) electrons. The second kappa shape index (κ2) is 3.67. The normalized spacial score (nSPS) is 15.9. The molecule has 0 fully saturated rings. The third kappa shape index (κ3) is 2.03. The fourth-order valence-corrected chi connectivity index (χ4v) is 2.29. The Morgan fingerprint density at radius 2 is 2.46 bits per heavy atom. The maximum Gasteiger partial charge on any atom is 0.225 e. The molecule has 68 valence electrons. The van der Waals surface area contributed by atoms with E-state index in [1.807, 2.05) is 6.07 Å². The van der Waals surface area contributed by atoms with Crippen LogP contribution in [0, 0.1) is 0 Å². The molecule has 0 spiro atoms. The summed E-state index contributed by atoms with van der Waals surface area (Å²) in [5, 5.41) is 3.71. The summed E-state index contributed by atoms with van der Waals surface area (Å²) in [6.45, 7) is 0. The molecule has 2 rings (SSSR count). The minimum absolute atomic E-state index is 0.0613. The number of nitrogens with one attached hydrogen (secondary N) is 1. The van der Waals surface area contributed by atoms with Gasteiger partial charge in [0.05, 0.1) is 5.69 Å². The maximum atomic E-state index is 11.2. The van der Waals surface area contributed by atoms with Crippen molar-refractivity contribution in [1.82, 2.24) is 4.98 Å². The van der Waals surface area contributed by atoms with Crippen molar-refractivity contribution >= 4 is 39.3 Å². The van der Waals surface area contributed by atoms with Crippen LogP contribution >= 0.6 is 27.7 Å². The zero-order valence-electron chi connectivity index (χ0n) is 6.71. The topological polar surface area (TPSA) is 42.0 Å². The molecule has 1 aliphatic heterocycles. The molecule has 3 nitrogen and oxygen atoms in total. The number of halogens is 1. The fourth-order valence-electron chi connectivity index (χ4n) is 1.08. The van der Waals surface area contributed by atoms with Gasteiger partial charge < -0.3 is 5.32 Å². The van der Waals surface area contributed by atoms with Gasteiger partial charge in [0.25, 0.3) is 0 Å². The standard InChI is InChI=1S/C8H7BrN2OS/c9-5-3-6-8(10-4-5)13-2-1-7(12)11-6/h3-4H,1-2H2,(H,11,12). The van der Waals surface area contributed by atoms with E-state index < -0.39 is 0 Å². The van der Waals surface area contributed by atoms with Gasteiger partial charge in [-0.3, -0.25) is 4.79 Å². The number of carbonyl (C=O) groups is 1. The van der Waals surface area contributed by atoms with Crippen LogP contribution in [-0.2, 0) is 4.79 Å². The molecule has 5 heteroatoms. The molecule has 1 aliphatic rings. The van der Waals surface area contributed by atoms with E-state index >= 15 is 0 Å². The van der Waals surface area contributed by atoms with Crippen LogP contribution in [0.4, 0.5) is 5.69 Å². The lowest BCUT2D eigenvalue weighted by molar-refractivity contribution is -0.115. The van der Waals surface area contributed by atoms with Crippen LogP contribution in [0.2, 0.25) is 0 Å². The quantitative estimate of drug-likeness (QED) is 0.777. The Kier molecular flexibility index (Phi) is 2.55. The van der Waals surface area contributed by atoms with Crippen LogP contribution < -0.4 is 5.32 Å². The highest BCUT2D eigenvalue weighted by Gasteiger charge is 2.13. The predicted octanol–water partition coefficient (Wildman–Crippen LogP) is 2.28. The second-order valence-corrected chi connectivity index (χ2v) is 4.65. The van der Waals surface area contributed by atoms with E-state index in [9.17, 15) is 4.79 Å². The molecular formula is C8H7BrN2OS. The Balaban J connectivity index is 2.40. The monoisotopic (exact) mass is 258 g/mol. The van der Waals surface area contributed by atoms with Gasteiger partial charge in [-0.2, -0.15) is 0 Å². The summed E-state index contributed by atoms with van der Waals surface area (Å²) >= 11 is 4.92. The average Bonchev–Trinajstić information content (AvgIpc) is 2.25. The fraction of sp³-hybridized carbons (Fsp3) is 0.250. The van der Waals surface area contributed by atoms with Crippen LogP contribution in [0.5, 0.6) is 0 Å². The molecule has 1 N–H and O–H groups in total. The van der Waals surface area contributed by atoms with Crippen LogP contribution in [0.3, 0.4) is 0 Å². The van der Waals surface area contributed by atoms with Crippen LogP contribution in [-0.4, -0.2) is 16.6 Å². The predicted molar refractivity (Wildman–Crippen MR) is 55.9 cm³/mol. The first-order valence-corrected chi connectivity index (χ1v) is 5.62. The van der Waals surface area contributed by atoms with E-state index in [4.69, 9.17) is 0 Å². The van der Waals surface area contributed by atoms with E-state index in [0.717, 1.165) is 20.9 Å². The van der Waals surface area contributed by atoms with Crippen LogP contribution in [0.15, 0.2) is 21.8 Å². The number of hydrogen-bond acceptors (Lipinski definition) is 3. The van der Waals surface area contributed by atoms with Gasteiger partial charge in [-0.15, -0.1) is 11.8 Å². The molecule has 0 bridgehead atoms. The lowest BCUT2D eigenvalue weighted by atomic mass is 10.4. The molecule has 0 saturated carbocycles. The number of amides is 1. The van der Waals surface area contributed by atoms with E-state index in [1.54, 1.807) is 18.0 Å². The van der Waals surface area contributed by atoms with Crippen molar-refractivity contribution < 1.29 is 4.79 Å². The van der Waals surface area contributed by atoms with E-state index in [-0.39, 0.29) is 5.91 Å². The van der Waals surface area contributed by atoms with Crippen molar-refractivity contribution in [2.45, 2.75) is 11.4 Å². The summed E-state index contributed by atoms with van der Waals surface area (Å²) in [4.78, 5) is 15.4. The molecule has 0 saturated heterocycles. The highest BCUT2D eigenvalue weighted by Crippen LogP contribution is 2.30. The minimum Gasteiger partial charge on any atom is -0.324 e. The highest BCUT2D eigenvalue weighted by atomic mass is 79.9. The smallest absolute Gasteiger partial charge is 0.225 e. The Morgan fingerprint density at radius 3 is 3.31 bits per heavy atom. The van der Waals surface area contributed by atoms with Crippen LogP contribution in [0.1, 0.15) is 6.42 Å². The van der Waals surface area contributed by atoms with E-state index in [0.29, 0.717) is 6.42 Å². The zero-order valence-corrected chi connectivity index (χ0v) is 9.11. The number of aromatic nitrogens is 1. The van der Waals surface area contributed by atoms with Crippen molar-refractivity contribution in [1.29, 1.82) is 0 Å². The molecule has 1 amide bonds. The number of fused-ring (bicyclic) bond motifs is 1. The largest absolute Gasteiger partial charge is 0.324 e. The summed E-state index contributed by atoms with van der Waals surface area (Å²) in [6.07, 6.45) is 2.29. The second-order valence-electron chi connectivity index (χ2n) is 2.65. The average molecular weight is 259 g/mol. The first-order chi connectivity index (χ1) is 6.25. The van der Waals surface area contributed by atoms with Crippen molar-refractivity contribution in [2.24, 2.45) is 0 Å². The molecule has 0 unspecified atom stereocenters. The molecule has 13 heavy (non-hydrogen) atoms. The number of hydrogen-bond donors (Lipinski definition) is 1. The van der Waals surface area contributed by atoms with E-state index in [2.05, 4.69) is 26.2 Å². The first-order valence-electron chi connectivity index (χ1n) is 3.84. The number of pyridine rings is 1. The first kappa shape index (κ1) is 9.02. The lowest BCUT2D eigenvalue weighted by Gasteiger charge is -2.04. The van der Waals surface area contributed by atoms with Crippen molar-refractivity contribution in [3.8, 4) is 0 Å². The molecule has 0 aromatic carbocycles. The minimum atomic E-state index is 0.0613. The van der Waals surface area contributed by atoms with Crippen LogP contribution in [0.25, 0.3) is 0 Å². The summed E-state index contributed by atoms with van der Waals surface area (Å²) in [6, 6.07) is 1.87. The number of nitrogens with zero attached hydrogens (tertiary/aromatic N) is 1. The third-order valence-corrected chi connectivity index (χ3v) is 3.10. The molecule has 0 atom stereocenters. The van der Waals surface area contributed by atoms with Crippen molar-refractivity contribution in [3.05, 3.63) is 16.7 Å². The Hall–Kier alpha value is -0.550. The number of rotatable bonds is 0. The molecule has 0 aliphatic carbocycles. The number of thioether (sulfide) groups is 1. The van der Waals surface area contributed by atoms with Gasteiger partial charge >= 0.3 is 0 Å². The highest BCUT2D eigenvalue weighted by molar-refractivity contribution is 9.10. The van der Waals surface area contributed by atoms with Crippen molar-refractivity contribution in [3.63, 3.8) is 0 Å². The van der Waals surface area contributed by atoms with Gasteiger partial charge in [-0.05, 0) is 22.0 Å². The maximum absolute atomic E-state index is 11.2. The Labute approximate surface area is 88.4 Å². The summed E-state index contributed by atoms with van der Waals surface area (Å²) in [5.41, 5.74) is 0.807. The van der Waals surface area contributed by atoms with Crippen molar-refractivity contribution in [2.75, 3.05) is 11.1 Å². The molecule has 1 aromatic heterocycles. The third-order valence-electron chi connectivity index (χ3n) is 1.66. The SMILES string of the molecule is O=C1CCSc2ncc(Br)cc2N1. The lowest BCUT2D eigenvalue weighted by Crippen LogP contribution is -2.10. The summed E-state index contributed by atoms with van der Waals surface area (Å²) in [5.74, 6) is 0.860. The van der Waals surface area contributed by atoms with Gasteiger partial charge in [-0.25, -0.2) is 4.98 Å². The van der Waals surface area contributed by atoms with Gasteiger partial charge in [0.15, 0.2) is 0 Å². The Bertz CT molecular complexity index is 356. The van der Waals surface area contributed by atoms with Gasteiger partial charge in [-0.1, -0.05) is 0 Å². The zero-order chi connectivity index (χ0) is 9.26. The molecular weight excluding hydrogens is 252 g/mol. The number of carbonyl (C=O) groups excluding carboxylic acids is 1. The van der Waals surface area contributed by atoms with E-state index in [1.165, 1.54) is 0 Å². The Morgan fingerprint density at radius 1 is 1.62 bits per heavy atom. The van der Waals surface area contributed by atoms with Gasteiger partial charge in [0, 0.05) is 22.8 Å². The van der Waals surface area contributed by atoms with Gasteiger partial charge in [0.2, 0.25) is 5.91 Å². The summed E-state index contributed by atoms with van der Waals surface area (Å²) in [7, 11) is 0.